The zero-order chi connectivity index (χ0) is 12.0. The van der Waals surface area contributed by atoms with E-state index in [-0.39, 0.29) is 17.0 Å². The van der Waals surface area contributed by atoms with E-state index < -0.39 is 9.84 Å². The summed E-state index contributed by atoms with van der Waals surface area (Å²) < 4.78 is 29.3. The molecule has 1 aliphatic rings. The molecule has 1 rings (SSSR count). The first-order valence-electron chi connectivity index (χ1n) is 5.98. The van der Waals surface area contributed by atoms with Crippen molar-refractivity contribution in [1.29, 1.82) is 0 Å². The summed E-state index contributed by atoms with van der Waals surface area (Å²) in [7, 11) is 0.413. The smallest absolute Gasteiger partial charge is 0.154 e. The molecular formula is C11H23NO3S. The Labute approximate surface area is 98.7 Å². The maximum Gasteiger partial charge on any atom is 0.154 e. The highest BCUT2D eigenvalue weighted by Gasteiger charge is 2.29. The Kier molecular flexibility index (Phi) is 5.72. The molecule has 1 N–H and O–H groups in total. The van der Waals surface area contributed by atoms with E-state index >= 15 is 0 Å². The lowest BCUT2D eigenvalue weighted by molar-refractivity contribution is 0.176. The number of nitrogens with one attached hydrogen (secondary N) is 1. The van der Waals surface area contributed by atoms with Crippen molar-refractivity contribution < 1.29 is 13.2 Å². The van der Waals surface area contributed by atoms with Gasteiger partial charge in [-0.05, 0) is 19.9 Å². The molecule has 5 heteroatoms. The van der Waals surface area contributed by atoms with Gasteiger partial charge in [-0.25, -0.2) is 8.42 Å². The molecule has 1 fully saturated rings. The van der Waals surface area contributed by atoms with E-state index in [1.54, 1.807) is 14.2 Å². The number of hydrogen-bond acceptors (Lipinski definition) is 4. The molecule has 0 heterocycles. The van der Waals surface area contributed by atoms with E-state index in [1.807, 2.05) is 0 Å². The molecule has 0 aromatic rings. The second-order valence-electron chi connectivity index (χ2n) is 4.53. The number of hydrogen-bond donors (Lipinski definition) is 1. The van der Waals surface area contributed by atoms with Gasteiger partial charge >= 0.3 is 0 Å². The molecule has 0 radical (unpaired) electrons. The normalized spacial score (nSPS) is 20.9. The van der Waals surface area contributed by atoms with Crippen molar-refractivity contribution in [1.82, 2.24) is 5.32 Å². The molecule has 96 valence electrons. The van der Waals surface area contributed by atoms with Gasteiger partial charge in [0.2, 0.25) is 0 Å². The van der Waals surface area contributed by atoms with Crippen LogP contribution in [0.1, 0.15) is 32.1 Å². The van der Waals surface area contributed by atoms with Gasteiger partial charge in [0.1, 0.15) is 0 Å². The summed E-state index contributed by atoms with van der Waals surface area (Å²) in [5.74, 6) is 0.196. The van der Waals surface area contributed by atoms with Crippen molar-refractivity contribution in [2.75, 3.05) is 26.5 Å². The Balaban J connectivity index is 2.54. The number of likely N-dealkylation sites (N-methyl/N-ethyl adjacent to an activating group) is 1. The Morgan fingerprint density at radius 3 is 2.44 bits per heavy atom. The highest BCUT2D eigenvalue weighted by molar-refractivity contribution is 7.92. The summed E-state index contributed by atoms with van der Waals surface area (Å²) in [5, 5.41) is 2.88. The van der Waals surface area contributed by atoms with Gasteiger partial charge in [0.05, 0.1) is 17.6 Å². The molecule has 1 saturated carbocycles. The first kappa shape index (κ1) is 13.9. The van der Waals surface area contributed by atoms with E-state index in [4.69, 9.17) is 4.74 Å². The Morgan fingerprint density at radius 1 is 1.31 bits per heavy atom. The third kappa shape index (κ3) is 4.03. The van der Waals surface area contributed by atoms with Crippen LogP contribution in [0.15, 0.2) is 0 Å². The highest BCUT2D eigenvalue weighted by atomic mass is 32.2. The van der Waals surface area contributed by atoms with E-state index in [2.05, 4.69) is 5.32 Å². The van der Waals surface area contributed by atoms with E-state index in [9.17, 15) is 8.42 Å². The standard InChI is InChI=1S/C11H23NO3S/c1-12-10(8-15-2)9-16(13,14)11-6-4-3-5-7-11/h10-12H,3-9H2,1-2H3. The fourth-order valence-corrected chi connectivity index (χ4v) is 4.40. The molecule has 0 saturated heterocycles. The monoisotopic (exact) mass is 249 g/mol. The fourth-order valence-electron chi connectivity index (χ4n) is 2.26. The number of rotatable bonds is 6. The van der Waals surface area contributed by atoms with Crippen molar-refractivity contribution in [3.05, 3.63) is 0 Å². The summed E-state index contributed by atoms with van der Waals surface area (Å²) in [6.07, 6.45) is 4.97. The van der Waals surface area contributed by atoms with Crippen LogP contribution >= 0.6 is 0 Å². The summed E-state index contributed by atoms with van der Waals surface area (Å²) in [6, 6.07) is -0.0862. The minimum Gasteiger partial charge on any atom is -0.383 e. The van der Waals surface area contributed by atoms with Gasteiger partial charge in [-0.3, -0.25) is 0 Å². The second-order valence-corrected chi connectivity index (χ2v) is 6.86. The lowest BCUT2D eigenvalue weighted by Gasteiger charge is -2.24. The van der Waals surface area contributed by atoms with Crippen molar-refractivity contribution in [2.24, 2.45) is 0 Å². The van der Waals surface area contributed by atoms with Crippen LogP contribution < -0.4 is 5.32 Å². The Morgan fingerprint density at radius 2 is 1.94 bits per heavy atom. The molecule has 4 nitrogen and oxygen atoms in total. The van der Waals surface area contributed by atoms with Gasteiger partial charge in [0.25, 0.3) is 0 Å². The molecule has 1 atom stereocenters. The topological polar surface area (TPSA) is 55.4 Å². The van der Waals surface area contributed by atoms with E-state index in [0.29, 0.717) is 6.61 Å². The first-order chi connectivity index (χ1) is 7.60. The van der Waals surface area contributed by atoms with Crippen LogP contribution in [0.25, 0.3) is 0 Å². The van der Waals surface area contributed by atoms with Crippen LogP contribution in [0.5, 0.6) is 0 Å². The molecule has 0 bridgehead atoms. The average Bonchev–Trinajstić information content (AvgIpc) is 2.29. The molecule has 1 unspecified atom stereocenters. The predicted octanol–water partition coefficient (Wildman–Crippen LogP) is 0.968. The van der Waals surface area contributed by atoms with Gasteiger partial charge in [0, 0.05) is 13.2 Å². The van der Waals surface area contributed by atoms with Crippen LogP contribution in [0.3, 0.4) is 0 Å². The van der Waals surface area contributed by atoms with Crippen molar-refractivity contribution in [3.8, 4) is 0 Å². The largest absolute Gasteiger partial charge is 0.383 e. The Bertz CT molecular complexity index is 284. The Hall–Kier alpha value is -0.130. The lowest BCUT2D eigenvalue weighted by atomic mass is 10.0. The quantitative estimate of drug-likeness (QED) is 0.762. The van der Waals surface area contributed by atoms with E-state index in [1.165, 1.54) is 6.42 Å². The fraction of sp³-hybridized carbons (Fsp3) is 1.00. The molecule has 0 aromatic carbocycles. The van der Waals surface area contributed by atoms with Crippen LogP contribution in [0.4, 0.5) is 0 Å². The van der Waals surface area contributed by atoms with Gasteiger partial charge < -0.3 is 10.1 Å². The number of sulfone groups is 1. The second kappa shape index (κ2) is 6.57. The zero-order valence-electron chi connectivity index (χ0n) is 10.2. The number of ether oxygens (including phenoxy) is 1. The first-order valence-corrected chi connectivity index (χ1v) is 7.69. The molecule has 16 heavy (non-hydrogen) atoms. The van der Waals surface area contributed by atoms with Crippen molar-refractivity contribution in [3.63, 3.8) is 0 Å². The minimum absolute atomic E-state index is 0.0862. The molecule has 0 aromatic heterocycles. The summed E-state index contributed by atoms with van der Waals surface area (Å²) in [5.41, 5.74) is 0. The molecule has 1 aliphatic carbocycles. The minimum atomic E-state index is -2.96. The molecule has 0 amide bonds. The summed E-state index contributed by atoms with van der Waals surface area (Å²) in [4.78, 5) is 0. The van der Waals surface area contributed by atoms with Crippen LogP contribution in [-0.4, -0.2) is 46.2 Å². The van der Waals surface area contributed by atoms with Gasteiger partial charge in [-0.1, -0.05) is 19.3 Å². The van der Waals surface area contributed by atoms with Crippen LogP contribution in [-0.2, 0) is 14.6 Å². The van der Waals surface area contributed by atoms with Crippen LogP contribution in [0.2, 0.25) is 0 Å². The van der Waals surface area contributed by atoms with Crippen molar-refractivity contribution in [2.45, 2.75) is 43.4 Å². The van der Waals surface area contributed by atoms with Gasteiger partial charge in [-0.15, -0.1) is 0 Å². The van der Waals surface area contributed by atoms with Gasteiger partial charge in [-0.2, -0.15) is 0 Å². The average molecular weight is 249 g/mol. The summed E-state index contributed by atoms with van der Waals surface area (Å²) >= 11 is 0. The SMILES string of the molecule is CNC(COC)CS(=O)(=O)C1CCCCC1. The third-order valence-electron chi connectivity index (χ3n) is 3.27. The van der Waals surface area contributed by atoms with E-state index in [0.717, 1.165) is 25.7 Å². The maximum absolute atomic E-state index is 12.1. The van der Waals surface area contributed by atoms with Gasteiger partial charge in [0.15, 0.2) is 9.84 Å². The summed E-state index contributed by atoms with van der Waals surface area (Å²) in [6.45, 7) is 0.447. The molecular weight excluding hydrogens is 226 g/mol. The number of methoxy groups -OCH3 is 1. The highest BCUT2D eigenvalue weighted by Crippen LogP contribution is 2.24. The molecule has 0 aliphatic heterocycles. The maximum atomic E-state index is 12.1. The lowest BCUT2D eigenvalue weighted by Crippen LogP contribution is -2.40. The zero-order valence-corrected chi connectivity index (χ0v) is 11.1. The van der Waals surface area contributed by atoms with Crippen molar-refractivity contribution >= 4 is 9.84 Å². The molecule has 0 spiro atoms. The third-order valence-corrected chi connectivity index (χ3v) is 5.62. The van der Waals surface area contributed by atoms with Crippen LogP contribution in [0, 0.1) is 0 Å². The predicted molar refractivity (Wildman–Crippen MR) is 65.4 cm³/mol.